The molecule has 0 saturated carbocycles. The monoisotopic (exact) mass is 395 g/mol. The SMILES string of the molecule is O=C(Nc1ccc(N2CCCC2)cc1)c1ccc(NCCN2CCOCC2)nc1. The molecule has 1 aromatic carbocycles. The molecule has 0 spiro atoms. The highest BCUT2D eigenvalue weighted by molar-refractivity contribution is 6.04. The lowest BCUT2D eigenvalue weighted by Crippen LogP contribution is -2.39. The van der Waals surface area contributed by atoms with Crippen LogP contribution in [-0.2, 0) is 4.74 Å². The largest absolute Gasteiger partial charge is 0.379 e. The van der Waals surface area contributed by atoms with Gasteiger partial charge in [-0.3, -0.25) is 9.69 Å². The number of hydrogen-bond donors (Lipinski definition) is 2. The Morgan fingerprint density at radius 2 is 1.76 bits per heavy atom. The van der Waals surface area contributed by atoms with Crippen LogP contribution in [0, 0.1) is 0 Å². The molecule has 2 saturated heterocycles. The maximum Gasteiger partial charge on any atom is 0.257 e. The summed E-state index contributed by atoms with van der Waals surface area (Å²) in [5, 5.41) is 6.26. The molecular formula is C22H29N5O2. The van der Waals surface area contributed by atoms with E-state index >= 15 is 0 Å². The van der Waals surface area contributed by atoms with Crippen molar-refractivity contribution in [3.05, 3.63) is 48.2 Å². The van der Waals surface area contributed by atoms with Crippen molar-refractivity contribution in [2.75, 3.05) is 68.0 Å². The minimum atomic E-state index is -0.147. The number of benzene rings is 1. The molecule has 154 valence electrons. The molecule has 2 aliphatic rings. The average molecular weight is 396 g/mol. The van der Waals surface area contributed by atoms with Gasteiger partial charge in [0.25, 0.3) is 5.91 Å². The smallest absolute Gasteiger partial charge is 0.257 e. The van der Waals surface area contributed by atoms with Gasteiger partial charge in [-0.15, -0.1) is 0 Å². The van der Waals surface area contributed by atoms with Crippen molar-refractivity contribution in [2.24, 2.45) is 0 Å². The molecule has 0 atom stereocenters. The predicted octanol–water partition coefficient (Wildman–Crippen LogP) is 2.68. The van der Waals surface area contributed by atoms with E-state index in [0.29, 0.717) is 5.56 Å². The molecule has 0 radical (unpaired) electrons. The Labute approximate surface area is 172 Å². The number of hydrogen-bond acceptors (Lipinski definition) is 6. The Bertz CT molecular complexity index is 782. The Morgan fingerprint density at radius 3 is 2.45 bits per heavy atom. The van der Waals surface area contributed by atoms with Gasteiger partial charge in [0.05, 0.1) is 18.8 Å². The fourth-order valence-electron chi connectivity index (χ4n) is 3.73. The highest BCUT2D eigenvalue weighted by Crippen LogP contribution is 2.22. The minimum absolute atomic E-state index is 0.147. The Hall–Kier alpha value is -2.64. The fourth-order valence-corrected chi connectivity index (χ4v) is 3.73. The van der Waals surface area contributed by atoms with Crippen LogP contribution in [0.5, 0.6) is 0 Å². The lowest BCUT2D eigenvalue weighted by atomic mass is 10.2. The van der Waals surface area contributed by atoms with Crippen LogP contribution in [0.3, 0.4) is 0 Å². The van der Waals surface area contributed by atoms with E-state index in [0.717, 1.165) is 64.0 Å². The van der Waals surface area contributed by atoms with Crippen molar-refractivity contribution in [3.63, 3.8) is 0 Å². The van der Waals surface area contributed by atoms with Gasteiger partial charge < -0.3 is 20.3 Å². The maximum atomic E-state index is 12.5. The second-order valence-corrected chi connectivity index (χ2v) is 7.51. The molecule has 3 heterocycles. The first-order chi connectivity index (χ1) is 14.3. The summed E-state index contributed by atoms with van der Waals surface area (Å²) >= 11 is 0. The van der Waals surface area contributed by atoms with Crippen LogP contribution in [0.15, 0.2) is 42.6 Å². The van der Waals surface area contributed by atoms with E-state index < -0.39 is 0 Å². The number of amides is 1. The number of carbonyl (C=O) groups excluding carboxylic acids is 1. The zero-order valence-electron chi connectivity index (χ0n) is 16.8. The molecule has 7 heteroatoms. The summed E-state index contributed by atoms with van der Waals surface area (Å²) in [6.07, 6.45) is 4.12. The molecule has 29 heavy (non-hydrogen) atoms. The lowest BCUT2D eigenvalue weighted by Gasteiger charge is -2.26. The van der Waals surface area contributed by atoms with Crippen molar-refractivity contribution >= 4 is 23.1 Å². The minimum Gasteiger partial charge on any atom is -0.379 e. The van der Waals surface area contributed by atoms with Crippen LogP contribution >= 0.6 is 0 Å². The first-order valence-corrected chi connectivity index (χ1v) is 10.4. The Balaban J connectivity index is 1.25. The second-order valence-electron chi connectivity index (χ2n) is 7.51. The molecule has 1 amide bonds. The van der Waals surface area contributed by atoms with Crippen LogP contribution in [0.1, 0.15) is 23.2 Å². The highest BCUT2D eigenvalue weighted by Gasteiger charge is 2.13. The van der Waals surface area contributed by atoms with Gasteiger partial charge in [-0.2, -0.15) is 0 Å². The third-order valence-corrected chi connectivity index (χ3v) is 5.46. The van der Waals surface area contributed by atoms with Gasteiger partial charge in [0, 0.05) is 56.8 Å². The molecule has 0 unspecified atom stereocenters. The van der Waals surface area contributed by atoms with Crippen molar-refractivity contribution in [3.8, 4) is 0 Å². The van der Waals surface area contributed by atoms with Crippen LogP contribution in [0.25, 0.3) is 0 Å². The van der Waals surface area contributed by atoms with E-state index in [1.165, 1.54) is 18.5 Å². The normalized spacial score (nSPS) is 17.3. The summed E-state index contributed by atoms with van der Waals surface area (Å²) in [6, 6.07) is 11.7. The molecule has 4 rings (SSSR count). The number of rotatable bonds is 7. The summed E-state index contributed by atoms with van der Waals surface area (Å²) < 4.78 is 5.36. The van der Waals surface area contributed by atoms with Gasteiger partial charge in [-0.25, -0.2) is 4.98 Å². The van der Waals surface area contributed by atoms with Gasteiger partial charge in [0.15, 0.2) is 0 Å². The predicted molar refractivity (Wildman–Crippen MR) is 116 cm³/mol. The molecule has 2 fully saturated rings. The van der Waals surface area contributed by atoms with Crippen molar-refractivity contribution in [1.82, 2.24) is 9.88 Å². The zero-order valence-corrected chi connectivity index (χ0v) is 16.8. The molecule has 1 aromatic heterocycles. The van der Waals surface area contributed by atoms with Gasteiger partial charge in [-0.1, -0.05) is 0 Å². The Kier molecular flexibility index (Phi) is 6.59. The molecular weight excluding hydrogens is 366 g/mol. The van der Waals surface area contributed by atoms with Gasteiger partial charge in [0.1, 0.15) is 5.82 Å². The fraction of sp³-hybridized carbons (Fsp3) is 0.455. The quantitative estimate of drug-likeness (QED) is 0.751. The van der Waals surface area contributed by atoms with Crippen molar-refractivity contribution in [1.29, 1.82) is 0 Å². The summed E-state index contributed by atoms with van der Waals surface area (Å²) in [4.78, 5) is 21.6. The molecule has 2 N–H and O–H groups in total. The standard InChI is InChI=1S/C22H29N5O2/c28-22(25-19-4-6-20(7-5-19)27-10-1-2-11-27)18-3-8-21(24-17-18)23-9-12-26-13-15-29-16-14-26/h3-8,17H,1-2,9-16H2,(H,23,24)(H,25,28). The third kappa shape index (κ3) is 5.46. The number of morpholine rings is 1. The van der Waals surface area contributed by atoms with Gasteiger partial charge >= 0.3 is 0 Å². The second kappa shape index (κ2) is 9.71. The number of pyridine rings is 1. The number of anilines is 3. The van der Waals surface area contributed by atoms with Crippen LogP contribution in [0.2, 0.25) is 0 Å². The first kappa shape index (κ1) is 19.7. The molecule has 7 nitrogen and oxygen atoms in total. The number of ether oxygens (including phenoxy) is 1. The van der Waals surface area contributed by atoms with E-state index in [1.54, 1.807) is 12.3 Å². The van der Waals surface area contributed by atoms with E-state index in [4.69, 9.17) is 4.74 Å². The first-order valence-electron chi connectivity index (χ1n) is 10.4. The molecule has 2 aromatic rings. The number of carbonyl (C=O) groups is 1. The van der Waals surface area contributed by atoms with Gasteiger partial charge in [-0.05, 0) is 49.2 Å². The number of nitrogens with one attached hydrogen (secondary N) is 2. The maximum absolute atomic E-state index is 12.5. The molecule has 0 aliphatic carbocycles. The van der Waals surface area contributed by atoms with Crippen LogP contribution in [0.4, 0.5) is 17.2 Å². The summed E-state index contributed by atoms with van der Waals surface area (Å²) in [5.74, 6) is 0.635. The van der Waals surface area contributed by atoms with E-state index in [9.17, 15) is 4.79 Å². The summed E-state index contributed by atoms with van der Waals surface area (Å²) in [7, 11) is 0. The number of aromatic nitrogens is 1. The zero-order chi connectivity index (χ0) is 19.9. The average Bonchev–Trinajstić information content (AvgIpc) is 3.30. The Morgan fingerprint density at radius 1 is 1.00 bits per heavy atom. The van der Waals surface area contributed by atoms with Gasteiger partial charge in [0.2, 0.25) is 0 Å². The van der Waals surface area contributed by atoms with E-state index in [2.05, 4.69) is 37.6 Å². The van der Waals surface area contributed by atoms with Crippen LogP contribution < -0.4 is 15.5 Å². The van der Waals surface area contributed by atoms with Crippen LogP contribution in [-0.4, -0.2) is 68.3 Å². The number of nitrogens with zero attached hydrogens (tertiary/aromatic N) is 3. The van der Waals surface area contributed by atoms with E-state index in [1.807, 2.05) is 18.2 Å². The van der Waals surface area contributed by atoms with Crippen molar-refractivity contribution in [2.45, 2.75) is 12.8 Å². The molecule has 2 aliphatic heterocycles. The summed E-state index contributed by atoms with van der Waals surface area (Å²) in [5.41, 5.74) is 2.56. The van der Waals surface area contributed by atoms with E-state index in [-0.39, 0.29) is 5.91 Å². The molecule has 0 bridgehead atoms. The lowest BCUT2D eigenvalue weighted by molar-refractivity contribution is 0.0398. The third-order valence-electron chi connectivity index (χ3n) is 5.46. The topological polar surface area (TPSA) is 69.7 Å². The highest BCUT2D eigenvalue weighted by atomic mass is 16.5. The summed E-state index contributed by atoms with van der Waals surface area (Å²) in [6.45, 7) is 7.59. The van der Waals surface area contributed by atoms with Crippen molar-refractivity contribution < 1.29 is 9.53 Å².